The van der Waals surface area contributed by atoms with Crippen molar-refractivity contribution in [2.45, 2.75) is 38.8 Å². The molecule has 2 aromatic heterocycles. The van der Waals surface area contributed by atoms with Crippen molar-refractivity contribution in [3.8, 4) is 0 Å². The van der Waals surface area contributed by atoms with E-state index in [1.54, 1.807) is 6.07 Å². The van der Waals surface area contributed by atoms with E-state index in [-0.39, 0.29) is 18.5 Å². The van der Waals surface area contributed by atoms with E-state index >= 15 is 0 Å². The Hall–Kier alpha value is -2.12. The SMILES string of the molecule is CCCc1noc2ncc(C(=O)N3CCC[C@H](C(F)(F)F)C3)cc12. The van der Waals surface area contributed by atoms with E-state index in [9.17, 15) is 18.0 Å². The van der Waals surface area contributed by atoms with Gasteiger partial charge in [0.1, 0.15) is 0 Å². The largest absolute Gasteiger partial charge is 0.393 e. The number of aryl methyl sites for hydroxylation is 1. The number of aromatic nitrogens is 2. The van der Waals surface area contributed by atoms with Crippen LogP contribution in [0.3, 0.4) is 0 Å². The molecule has 1 aliphatic rings. The maximum Gasteiger partial charge on any atom is 0.393 e. The maximum absolute atomic E-state index is 12.9. The van der Waals surface area contributed by atoms with Crippen LogP contribution in [0.1, 0.15) is 42.2 Å². The van der Waals surface area contributed by atoms with Gasteiger partial charge in [-0.15, -0.1) is 0 Å². The highest BCUT2D eigenvalue weighted by atomic mass is 19.4. The second kappa shape index (κ2) is 6.41. The normalized spacial score (nSPS) is 19.0. The molecule has 1 fully saturated rings. The van der Waals surface area contributed by atoms with Crippen molar-refractivity contribution >= 4 is 17.0 Å². The minimum absolute atomic E-state index is 0.0663. The third-order valence-corrected chi connectivity index (χ3v) is 4.31. The first-order valence-corrected chi connectivity index (χ1v) is 8.00. The fourth-order valence-electron chi connectivity index (χ4n) is 3.02. The Morgan fingerprint density at radius 2 is 2.25 bits per heavy atom. The summed E-state index contributed by atoms with van der Waals surface area (Å²) < 4.78 is 43.9. The third-order valence-electron chi connectivity index (χ3n) is 4.31. The number of fused-ring (bicyclic) bond motifs is 1. The first-order chi connectivity index (χ1) is 11.4. The van der Waals surface area contributed by atoms with Crippen LogP contribution in [0.15, 0.2) is 16.8 Å². The summed E-state index contributed by atoms with van der Waals surface area (Å²) in [6.07, 6.45) is -0.977. The van der Waals surface area contributed by atoms with E-state index in [4.69, 9.17) is 4.52 Å². The molecule has 0 unspecified atom stereocenters. The zero-order valence-electron chi connectivity index (χ0n) is 13.3. The first-order valence-electron chi connectivity index (χ1n) is 8.00. The highest BCUT2D eigenvalue weighted by Crippen LogP contribution is 2.33. The molecule has 24 heavy (non-hydrogen) atoms. The standard InChI is InChI=1S/C16H18F3N3O2/c1-2-4-13-12-7-10(8-20-14(12)24-21-13)15(23)22-6-3-5-11(9-22)16(17,18)19/h7-8,11H,2-6,9H2,1H3/t11-/m0/s1. The van der Waals surface area contributed by atoms with Crippen molar-refractivity contribution in [1.29, 1.82) is 0 Å². The van der Waals surface area contributed by atoms with E-state index in [2.05, 4.69) is 10.1 Å². The van der Waals surface area contributed by atoms with E-state index in [1.807, 2.05) is 6.92 Å². The Labute approximate surface area is 136 Å². The number of likely N-dealkylation sites (tertiary alicyclic amines) is 1. The molecule has 3 heterocycles. The number of piperidine rings is 1. The number of amides is 1. The van der Waals surface area contributed by atoms with Gasteiger partial charge in [-0.1, -0.05) is 18.5 Å². The Morgan fingerprint density at radius 1 is 1.46 bits per heavy atom. The lowest BCUT2D eigenvalue weighted by molar-refractivity contribution is -0.184. The molecule has 130 valence electrons. The van der Waals surface area contributed by atoms with Crippen LogP contribution in [0, 0.1) is 5.92 Å². The monoisotopic (exact) mass is 341 g/mol. The molecular formula is C16H18F3N3O2. The number of halogens is 3. The second-order valence-electron chi connectivity index (χ2n) is 6.09. The minimum Gasteiger partial charge on any atom is -0.338 e. The average Bonchev–Trinajstić information content (AvgIpc) is 2.96. The van der Waals surface area contributed by atoms with E-state index < -0.39 is 18.0 Å². The van der Waals surface area contributed by atoms with Crippen LogP contribution in [0.4, 0.5) is 13.2 Å². The molecule has 0 aliphatic carbocycles. The molecule has 8 heteroatoms. The van der Waals surface area contributed by atoms with Crippen LogP contribution in [-0.4, -0.2) is 40.2 Å². The maximum atomic E-state index is 12.9. The van der Waals surface area contributed by atoms with Gasteiger partial charge in [0, 0.05) is 19.3 Å². The smallest absolute Gasteiger partial charge is 0.338 e. The summed E-state index contributed by atoms with van der Waals surface area (Å²) in [6.45, 7) is 2.02. The molecule has 5 nitrogen and oxygen atoms in total. The average molecular weight is 341 g/mol. The summed E-state index contributed by atoms with van der Waals surface area (Å²) in [5.41, 5.74) is 1.31. The zero-order valence-corrected chi connectivity index (χ0v) is 13.3. The number of hydrogen-bond donors (Lipinski definition) is 0. The summed E-state index contributed by atoms with van der Waals surface area (Å²) in [7, 11) is 0. The van der Waals surface area contributed by atoms with Gasteiger partial charge in [0.2, 0.25) is 0 Å². The number of rotatable bonds is 3. The van der Waals surface area contributed by atoms with Gasteiger partial charge in [-0.3, -0.25) is 4.79 Å². The first kappa shape index (κ1) is 16.7. The molecule has 2 aromatic rings. The van der Waals surface area contributed by atoms with E-state index in [1.165, 1.54) is 11.1 Å². The van der Waals surface area contributed by atoms with Crippen molar-refractivity contribution < 1.29 is 22.5 Å². The van der Waals surface area contributed by atoms with E-state index in [0.29, 0.717) is 36.2 Å². The molecule has 1 amide bonds. The second-order valence-corrected chi connectivity index (χ2v) is 6.09. The number of alkyl halides is 3. The van der Waals surface area contributed by atoms with Crippen molar-refractivity contribution in [3.05, 3.63) is 23.5 Å². The summed E-state index contributed by atoms with van der Waals surface area (Å²) in [6, 6.07) is 1.61. The summed E-state index contributed by atoms with van der Waals surface area (Å²) in [5, 5.41) is 4.58. The van der Waals surface area contributed by atoms with Crippen molar-refractivity contribution in [3.63, 3.8) is 0 Å². The van der Waals surface area contributed by atoms with Crippen LogP contribution in [0.2, 0.25) is 0 Å². The lowest BCUT2D eigenvalue weighted by Crippen LogP contribution is -2.44. The third kappa shape index (κ3) is 3.22. The predicted molar refractivity (Wildman–Crippen MR) is 80.5 cm³/mol. The Kier molecular flexibility index (Phi) is 4.47. The van der Waals surface area contributed by atoms with Crippen LogP contribution in [0.25, 0.3) is 11.1 Å². The van der Waals surface area contributed by atoms with Crippen molar-refractivity contribution in [1.82, 2.24) is 15.0 Å². The van der Waals surface area contributed by atoms with Gasteiger partial charge in [-0.05, 0) is 25.3 Å². The van der Waals surface area contributed by atoms with Gasteiger partial charge >= 0.3 is 6.18 Å². The molecule has 1 atom stereocenters. The van der Waals surface area contributed by atoms with Gasteiger partial charge < -0.3 is 9.42 Å². The molecular weight excluding hydrogens is 323 g/mol. The number of carbonyl (C=O) groups is 1. The molecule has 3 rings (SSSR count). The van der Waals surface area contributed by atoms with Gasteiger partial charge in [-0.25, -0.2) is 4.98 Å². The molecule has 0 spiro atoms. The topological polar surface area (TPSA) is 59.2 Å². The lowest BCUT2D eigenvalue weighted by Gasteiger charge is -2.33. The highest BCUT2D eigenvalue weighted by Gasteiger charge is 2.42. The zero-order chi connectivity index (χ0) is 17.3. The van der Waals surface area contributed by atoms with Gasteiger partial charge in [0.25, 0.3) is 11.6 Å². The van der Waals surface area contributed by atoms with Gasteiger partial charge in [0.15, 0.2) is 0 Å². The Bertz CT molecular complexity index is 742. The van der Waals surface area contributed by atoms with Crippen LogP contribution < -0.4 is 0 Å². The summed E-state index contributed by atoms with van der Waals surface area (Å²) in [5.74, 6) is -1.89. The molecule has 0 N–H and O–H groups in total. The Morgan fingerprint density at radius 3 is 2.96 bits per heavy atom. The van der Waals surface area contributed by atoms with E-state index in [0.717, 1.165) is 6.42 Å². The number of pyridine rings is 1. The molecule has 0 bridgehead atoms. The summed E-state index contributed by atoms with van der Waals surface area (Å²) >= 11 is 0. The predicted octanol–water partition coefficient (Wildman–Crippen LogP) is 3.59. The number of hydrogen-bond acceptors (Lipinski definition) is 4. The van der Waals surface area contributed by atoms with Crippen molar-refractivity contribution in [2.24, 2.45) is 5.92 Å². The molecule has 0 radical (unpaired) electrons. The fourth-order valence-corrected chi connectivity index (χ4v) is 3.02. The molecule has 1 aliphatic heterocycles. The number of carbonyl (C=O) groups excluding carboxylic acids is 1. The Balaban J connectivity index is 1.84. The van der Waals surface area contributed by atoms with Crippen molar-refractivity contribution in [2.75, 3.05) is 13.1 Å². The fraction of sp³-hybridized carbons (Fsp3) is 0.562. The molecule has 0 saturated carbocycles. The quantitative estimate of drug-likeness (QED) is 0.856. The minimum atomic E-state index is -4.27. The highest BCUT2D eigenvalue weighted by molar-refractivity contribution is 5.97. The van der Waals surface area contributed by atoms with Gasteiger partial charge in [0.05, 0.1) is 22.6 Å². The number of nitrogens with zero attached hydrogens (tertiary/aromatic N) is 3. The molecule has 0 aromatic carbocycles. The lowest BCUT2D eigenvalue weighted by atomic mass is 9.97. The van der Waals surface area contributed by atoms with Crippen LogP contribution >= 0.6 is 0 Å². The summed E-state index contributed by atoms with van der Waals surface area (Å²) in [4.78, 5) is 17.9. The molecule has 1 saturated heterocycles. The van der Waals surface area contributed by atoms with Crippen LogP contribution in [0.5, 0.6) is 0 Å². The van der Waals surface area contributed by atoms with Gasteiger partial charge in [-0.2, -0.15) is 13.2 Å². The van der Waals surface area contributed by atoms with Crippen LogP contribution in [-0.2, 0) is 6.42 Å².